The van der Waals surface area contributed by atoms with E-state index in [4.69, 9.17) is 4.74 Å². The van der Waals surface area contributed by atoms with E-state index in [-0.39, 0.29) is 11.9 Å². The molecule has 2 rings (SSSR count). The summed E-state index contributed by atoms with van der Waals surface area (Å²) in [7, 11) is 0. The van der Waals surface area contributed by atoms with Crippen molar-refractivity contribution >= 4 is 73.7 Å². The highest BCUT2D eigenvalue weighted by molar-refractivity contribution is 14.1. The minimum atomic E-state index is -0.0797. The first-order chi connectivity index (χ1) is 8.97. The number of carbonyl (C=O) groups excluding carboxylic acids is 1. The third-order valence-electron chi connectivity index (χ3n) is 3.35. The molecule has 0 atom stereocenters. The lowest BCUT2D eigenvalue weighted by Crippen LogP contribution is -2.62. The average molecular weight is 598 g/mol. The molecular formula is C13H15I3NO2+. The van der Waals surface area contributed by atoms with E-state index in [0.717, 1.165) is 36.4 Å². The van der Waals surface area contributed by atoms with Crippen LogP contribution < -0.4 is 10.5 Å². The number of carbonyl (C=O) groups is 1. The first-order valence-electron chi connectivity index (χ1n) is 6.16. The van der Waals surface area contributed by atoms with Crippen molar-refractivity contribution in [3.63, 3.8) is 0 Å². The predicted molar refractivity (Wildman–Crippen MR) is 98.9 cm³/mol. The van der Waals surface area contributed by atoms with Crippen LogP contribution in [0.5, 0.6) is 5.75 Å². The van der Waals surface area contributed by atoms with E-state index in [2.05, 4.69) is 73.5 Å². The molecule has 1 fully saturated rings. The fourth-order valence-corrected chi connectivity index (χ4v) is 6.01. The highest BCUT2D eigenvalue weighted by atomic mass is 127. The number of halogens is 3. The monoisotopic (exact) mass is 598 g/mol. The van der Waals surface area contributed by atoms with Crippen molar-refractivity contribution in [3.8, 4) is 5.75 Å². The van der Waals surface area contributed by atoms with Gasteiger partial charge in [-0.25, -0.2) is 0 Å². The third-order valence-corrected chi connectivity index (χ3v) is 5.57. The summed E-state index contributed by atoms with van der Waals surface area (Å²) in [4.78, 5) is 12.2. The van der Waals surface area contributed by atoms with Gasteiger partial charge in [0, 0.05) is 16.4 Å². The Morgan fingerprint density at radius 3 is 2.16 bits per heavy atom. The van der Waals surface area contributed by atoms with Crippen LogP contribution in [0.25, 0.3) is 0 Å². The van der Waals surface area contributed by atoms with Crippen LogP contribution in [0.3, 0.4) is 0 Å². The number of rotatable bonds is 2. The number of hydrogen-bond donors (Lipinski definition) is 1. The molecule has 3 N–H and O–H groups in total. The standard InChI is InChI=1S/C13H14I3NO2/c14-8-5-10(15)12(11(16)6-8)19-13(18)7-1-3-9(17)4-2-7/h5-7,9H,1-4,17H2/p+1. The van der Waals surface area contributed by atoms with Crippen LogP contribution in [0.15, 0.2) is 12.1 Å². The zero-order valence-electron chi connectivity index (χ0n) is 10.3. The minimum Gasteiger partial charge on any atom is -0.424 e. The molecule has 0 aromatic heterocycles. The van der Waals surface area contributed by atoms with Crippen molar-refractivity contribution in [2.24, 2.45) is 5.92 Å². The lowest BCUT2D eigenvalue weighted by molar-refractivity contribution is -0.426. The van der Waals surface area contributed by atoms with E-state index in [0.29, 0.717) is 11.8 Å². The van der Waals surface area contributed by atoms with Gasteiger partial charge in [-0.3, -0.25) is 4.79 Å². The molecule has 1 saturated carbocycles. The smallest absolute Gasteiger partial charge is 0.314 e. The first kappa shape index (κ1) is 16.2. The van der Waals surface area contributed by atoms with Crippen LogP contribution in [0.4, 0.5) is 0 Å². The second-order valence-corrected chi connectivity index (χ2v) is 8.41. The summed E-state index contributed by atoms with van der Waals surface area (Å²) in [5.74, 6) is 0.677. The van der Waals surface area contributed by atoms with Crippen molar-refractivity contribution < 1.29 is 15.3 Å². The SMILES string of the molecule is [NH3+]C1CCC(C(=O)Oc2c(I)cc(I)cc2I)CC1. The maximum atomic E-state index is 12.2. The van der Waals surface area contributed by atoms with Crippen LogP contribution >= 0.6 is 67.8 Å². The Balaban J connectivity index is 2.07. The van der Waals surface area contributed by atoms with Gasteiger partial charge in [-0.05, 0) is 92.7 Å². The van der Waals surface area contributed by atoms with Gasteiger partial charge in [-0.1, -0.05) is 0 Å². The van der Waals surface area contributed by atoms with E-state index in [1.807, 2.05) is 12.1 Å². The van der Waals surface area contributed by atoms with Gasteiger partial charge in [0.05, 0.1) is 19.1 Å². The highest BCUT2D eigenvalue weighted by Gasteiger charge is 2.28. The minimum absolute atomic E-state index is 0.0453. The van der Waals surface area contributed by atoms with Crippen LogP contribution in [0.2, 0.25) is 0 Å². The maximum absolute atomic E-state index is 12.2. The molecule has 3 nitrogen and oxygen atoms in total. The average Bonchev–Trinajstić information content (AvgIpc) is 2.34. The van der Waals surface area contributed by atoms with Gasteiger partial charge in [0.2, 0.25) is 0 Å². The van der Waals surface area contributed by atoms with Gasteiger partial charge in [0.25, 0.3) is 0 Å². The Morgan fingerprint density at radius 2 is 1.63 bits per heavy atom. The van der Waals surface area contributed by atoms with Gasteiger partial charge in [-0.15, -0.1) is 0 Å². The first-order valence-corrected chi connectivity index (χ1v) is 9.40. The lowest BCUT2D eigenvalue weighted by atomic mass is 9.86. The Bertz CT molecular complexity index is 462. The zero-order valence-corrected chi connectivity index (χ0v) is 16.8. The van der Waals surface area contributed by atoms with Gasteiger partial charge >= 0.3 is 5.97 Å². The summed E-state index contributed by atoms with van der Waals surface area (Å²) < 4.78 is 8.77. The fourth-order valence-electron chi connectivity index (χ4n) is 2.21. The predicted octanol–water partition coefficient (Wildman–Crippen LogP) is 3.21. The summed E-state index contributed by atoms with van der Waals surface area (Å²) in [6, 6.07) is 4.56. The summed E-state index contributed by atoms with van der Waals surface area (Å²) in [5.41, 5.74) is 4.06. The molecule has 0 amide bonds. The van der Waals surface area contributed by atoms with Gasteiger partial charge in [0.1, 0.15) is 0 Å². The Hall–Kier alpha value is 0.840. The molecule has 0 bridgehead atoms. The fraction of sp³-hybridized carbons (Fsp3) is 0.462. The topological polar surface area (TPSA) is 53.9 Å². The number of esters is 1. The molecule has 19 heavy (non-hydrogen) atoms. The maximum Gasteiger partial charge on any atom is 0.314 e. The molecule has 1 aliphatic carbocycles. The van der Waals surface area contributed by atoms with Gasteiger partial charge in [-0.2, -0.15) is 0 Å². The van der Waals surface area contributed by atoms with Crippen molar-refractivity contribution in [1.82, 2.24) is 0 Å². The molecule has 0 unspecified atom stereocenters. The second-order valence-electron chi connectivity index (χ2n) is 4.84. The normalized spacial score (nSPS) is 23.2. The van der Waals surface area contributed by atoms with Crippen molar-refractivity contribution in [2.75, 3.05) is 0 Å². The van der Waals surface area contributed by atoms with E-state index >= 15 is 0 Å². The lowest BCUT2D eigenvalue weighted by Gasteiger charge is -2.23. The Labute approximate surface area is 153 Å². The molecular weight excluding hydrogens is 583 g/mol. The Kier molecular flexibility index (Phi) is 6.15. The molecule has 104 valence electrons. The van der Waals surface area contributed by atoms with Crippen LogP contribution in [0.1, 0.15) is 25.7 Å². The van der Waals surface area contributed by atoms with Crippen molar-refractivity contribution in [3.05, 3.63) is 22.8 Å². The molecule has 1 aromatic carbocycles. The largest absolute Gasteiger partial charge is 0.424 e. The summed E-state index contributed by atoms with van der Waals surface area (Å²) >= 11 is 6.71. The molecule has 6 heteroatoms. The van der Waals surface area contributed by atoms with Crippen molar-refractivity contribution in [1.29, 1.82) is 0 Å². The van der Waals surface area contributed by atoms with Gasteiger partial charge < -0.3 is 10.5 Å². The second kappa shape index (κ2) is 7.21. The molecule has 0 spiro atoms. The molecule has 0 radical (unpaired) electrons. The van der Waals surface area contributed by atoms with Crippen molar-refractivity contribution in [2.45, 2.75) is 31.7 Å². The number of quaternary nitrogens is 1. The number of hydrogen-bond acceptors (Lipinski definition) is 2. The van der Waals surface area contributed by atoms with E-state index < -0.39 is 0 Å². The van der Waals surface area contributed by atoms with E-state index in [1.54, 1.807) is 0 Å². The molecule has 1 aliphatic rings. The molecule has 0 aliphatic heterocycles. The highest BCUT2D eigenvalue weighted by Crippen LogP contribution is 2.31. The molecule has 1 aromatic rings. The number of ether oxygens (including phenoxy) is 1. The van der Waals surface area contributed by atoms with Crippen LogP contribution in [-0.2, 0) is 4.79 Å². The quantitative estimate of drug-likeness (QED) is 0.324. The number of benzene rings is 1. The van der Waals surface area contributed by atoms with E-state index in [1.165, 1.54) is 0 Å². The van der Waals surface area contributed by atoms with E-state index in [9.17, 15) is 4.79 Å². The Morgan fingerprint density at radius 1 is 1.11 bits per heavy atom. The summed E-state index contributed by atoms with van der Waals surface area (Å²) in [6.45, 7) is 0. The zero-order chi connectivity index (χ0) is 14.0. The molecule has 0 heterocycles. The van der Waals surface area contributed by atoms with Crippen LogP contribution in [-0.4, -0.2) is 12.0 Å². The third kappa shape index (κ3) is 4.40. The van der Waals surface area contributed by atoms with Crippen LogP contribution in [0, 0.1) is 16.6 Å². The van der Waals surface area contributed by atoms with Gasteiger partial charge in [0.15, 0.2) is 5.75 Å². The summed E-state index contributed by atoms with van der Waals surface area (Å²) in [6.07, 6.45) is 3.87. The molecule has 0 saturated heterocycles. The summed E-state index contributed by atoms with van der Waals surface area (Å²) in [5, 5.41) is 0.